The van der Waals surface area contributed by atoms with Gasteiger partial charge in [-0.1, -0.05) is 30.3 Å². The highest BCUT2D eigenvalue weighted by molar-refractivity contribution is 7.89. The van der Waals surface area contributed by atoms with Gasteiger partial charge in [0.25, 0.3) is 5.91 Å². The summed E-state index contributed by atoms with van der Waals surface area (Å²) in [7, 11) is -2.11. The van der Waals surface area contributed by atoms with E-state index in [9.17, 15) is 13.2 Å². The van der Waals surface area contributed by atoms with E-state index in [0.29, 0.717) is 18.7 Å². The first-order valence-electron chi connectivity index (χ1n) is 10.2. The molecule has 1 aliphatic rings. The Labute approximate surface area is 178 Å². The lowest BCUT2D eigenvalue weighted by Crippen LogP contribution is -2.36. The molecule has 0 saturated carbocycles. The normalized spacial score (nSPS) is 15.8. The highest BCUT2D eigenvalue weighted by atomic mass is 32.2. The van der Waals surface area contributed by atoms with Gasteiger partial charge in [0.1, 0.15) is 0 Å². The summed E-state index contributed by atoms with van der Waals surface area (Å²) in [5.74, 6) is -0.216. The molecule has 7 nitrogen and oxygen atoms in total. The zero-order chi connectivity index (χ0) is 21.4. The summed E-state index contributed by atoms with van der Waals surface area (Å²) in [5.41, 5.74) is 1.61. The van der Waals surface area contributed by atoms with Crippen molar-refractivity contribution in [2.45, 2.75) is 23.8 Å². The molecule has 2 aromatic carbocycles. The number of carbonyl (C=O) groups is 1. The Hall–Kier alpha value is -2.26. The maximum atomic E-state index is 12.7. The van der Waals surface area contributed by atoms with E-state index in [4.69, 9.17) is 4.74 Å². The third-order valence-corrected chi connectivity index (χ3v) is 6.72. The van der Waals surface area contributed by atoms with Crippen molar-refractivity contribution in [3.05, 3.63) is 65.7 Å². The van der Waals surface area contributed by atoms with Gasteiger partial charge in [0.05, 0.1) is 17.5 Å². The molecule has 1 fully saturated rings. The van der Waals surface area contributed by atoms with Crippen LogP contribution in [0.2, 0.25) is 0 Å². The Morgan fingerprint density at radius 2 is 1.73 bits per heavy atom. The van der Waals surface area contributed by atoms with Gasteiger partial charge < -0.3 is 10.1 Å². The standard InChI is InChI=1S/C22H29N3O4S/c1-29-16-13-24-30(27,28)20-11-9-19(10-12-20)22(26)23-17-21(25-14-5-6-15-25)18-7-3-2-4-8-18/h2-4,7-12,21,24H,5-6,13-17H2,1H3,(H,23,26)/t21-/m1/s1. The molecule has 30 heavy (non-hydrogen) atoms. The third-order valence-electron chi connectivity index (χ3n) is 5.25. The highest BCUT2D eigenvalue weighted by Gasteiger charge is 2.24. The fourth-order valence-electron chi connectivity index (χ4n) is 3.62. The number of hydrogen-bond acceptors (Lipinski definition) is 5. The minimum Gasteiger partial charge on any atom is -0.383 e. The number of likely N-dealkylation sites (tertiary alicyclic amines) is 1. The molecule has 0 spiro atoms. The molecule has 0 radical (unpaired) electrons. The lowest BCUT2D eigenvalue weighted by Gasteiger charge is -2.28. The summed E-state index contributed by atoms with van der Waals surface area (Å²) >= 11 is 0. The molecule has 1 atom stereocenters. The van der Waals surface area contributed by atoms with Crippen LogP contribution in [0.5, 0.6) is 0 Å². The number of benzene rings is 2. The van der Waals surface area contributed by atoms with Gasteiger partial charge in [-0.3, -0.25) is 9.69 Å². The molecule has 1 aliphatic heterocycles. The van der Waals surface area contributed by atoms with Gasteiger partial charge >= 0.3 is 0 Å². The summed E-state index contributed by atoms with van der Waals surface area (Å²) in [4.78, 5) is 15.2. The zero-order valence-electron chi connectivity index (χ0n) is 17.2. The Balaban J connectivity index is 1.63. The topological polar surface area (TPSA) is 87.7 Å². The molecule has 2 N–H and O–H groups in total. The first-order valence-corrected chi connectivity index (χ1v) is 11.7. The summed E-state index contributed by atoms with van der Waals surface area (Å²) < 4.78 is 31.8. The van der Waals surface area contributed by atoms with Crippen LogP contribution in [0.4, 0.5) is 0 Å². The number of nitrogens with one attached hydrogen (secondary N) is 2. The van der Waals surface area contributed by atoms with E-state index in [2.05, 4.69) is 27.1 Å². The molecule has 3 rings (SSSR count). The number of rotatable bonds is 10. The predicted molar refractivity (Wildman–Crippen MR) is 116 cm³/mol. The lowest BCUT2D eigenvalue weighted by molar-refractivity contribution is 0.0938. The van der Waals surface area contributed by atoms with E-state index < -0.39 is 10.0 Å². The number of hydrogen-bond donors (Lipinski definition) is 2. The summed E-state index contributed by atoms with van der Waals surface area (Å²) in [6.07, 6.45) is 2.34. The Morgan fingerprint density at radius 3 is 2.37 bits per heavy atom. The lowest BCUT2D eigenvalue weighted by atomic mass is 10.1. The number of carbonyl (C=O) groups excluding carboxylic acids is 1. The van der Waals surface area contributed by atoms with E-state index in [1.165, 1.54) is 49.8 Å². The van der Waals surface area contributed by atoms with Gasteiger partial charge in [0.2, 0.25) is 10.0 Å². The van der Waals surface area contributed by atoms with E-state index in [1.54, 1.807) is 0 Å². The van der Waals surface area contributed by atoms with Gasteiger partial charge in [-0.15, -0.1) is 0 Å². The molecule has 0 bridgehead atoms. The van der Waals surface area contributed by atoms with Gasteiger partial charge in [-0.2, -0.15) is 0 Å². The number of sulfonamides is 1. The van der Waals surface area contributed by atoms with Crippen molar-refractivity contribution in [1.29, 1.82) is 0 Å². The van der Waals surface area contributed by atoms with Crippen LogP contribution in [0.25, 0.3) is 0 Å². The first kappa shape index (κ1) is 22.4. The second-order valence-corrected chi connectivity index (χ2v) is 9.06. The van der Waals surface area contributed by atoms with Crippen molar-refractivity contribution < 1.29 is 17.9 Å². The fraction of sp³-hybridized carbons (Fsp3) is 0.409. The minimum absolute atomic E-state index is 0.120. The predicted octanol–water partition coefficient (Wildman–Crippen LogP) is 2.18. The van der Waals surface area contributed by atoms with Crippen LogP contribution < -0.4 is 10.0 Å². The summed E-state index contributed by atoms with van der Waals surface area (Å²) in [6.45, 7) is 3.04. The second kappa shape index (κ2) is 10.7. The van der Waals surface area contributed by atoms with E-state index in [-0.39, 0.29) is 23.4 Å². The van der Waals surface area contributed by atoms with Crippen molar-refractivity contribution in [3.63, 3.8) is 0 Å². The molecule has 1 heterocycles. The number of amides is 1. The molecule has 0 aromatic heterocycles. The van der Waals surface area contributed by atoms with Crippen molar-refractivity contribution in [1.82, 2.24) is 14.9 Å². The van der Waals surface area contributed by atoms with Crippen LogP contribution in [0.1, 0.15) is 34.8 Å². The molecule has 1 saturated heterocycles. The Kier molecular flexibility index (Phi) is 7.98. The van der Waals surface area contributed by atoms with E-state index in [1.807, 2.05) is 18.2 Å². The highest BCUT2D eigenvalue weighted by Crippen LogP contribution is 2.24. The summed E-state index contributed by atoms with van der Waals surface area (Å²) in [5, 5.41) is 3.01. The SMILES string of the molecule is COCCNS(=O)(=O)c1ccc(C(=O)NC[C@H](c2ccccc2)N2CCCC2)cc1. The van der Waals surface area contributed by atoms with Crippen LogP contribution >= 0.6 is 0 Å². The monoisotopic (exact) mass is 431 g/mol. The molecule has 0 unspecified atom stereocenters. The number of nitrogens with zero attached hydrogens (tertiary/aromatic N) is 1. The van der Waals surface area contributed by atoms with Crippen LogP contribution in [-0.4, -0.2) is 59.1 Å². The molecule has 8 heteroatoms. The average Bonchev–Trinajstić information content (AvgIpc) is 3.29. The molecular formula is C22H29N3O4S. The molecule has 0 aliphatic carbocycles. The maximum absolute atomic E-state index is 12.7. The molecule has 1 amide bonds. The van der Waals surface area contributed by atoms with Gasteiger partial charge in [-0.05, 0) is 55.8 Å². The first-order chi connectivity index (χ1) is 14.5. The maximum Gasteiger partial charge on any atom is 0.251 e. The van der Waals surface area contributed by atoms with Crippen LogP contribution in [0.15, 0.2) is 59.5 Å². The molecular weight excluding hydrogens is 402 g/mol. The van der Waals surface area contributed by atoms with Gasteiger partial charge in [-0.25, -0.2) is 13.1 Å². The van der Waals surface area contributed by atoms with Crippen LogP contribution in [0, 0.1) is 0 Å². The second-order valence-electron chi connectivity index (χ2n) is 7.29. The third kappa shape index (κ3) is 5.89. The van der Waals surface area contributed by atoms with Crippen LogP contribution in [0.3, 0.4) is 0 Å². The van der Waals surface area contributed by atoms with Gasteiger partial charge in [0, 0.05) is 25.8 Å². The number of ether oxygens (including phenoxy) is 1. The largest absolute Gasteiger partial charge is 0.383 e. The Bertz CT molecular complexity index is 911. The van der Waals surface area contributed by atoms with Crippen molar-refractivity contribution in [2.24, 2.45) is 0 Å². The quantitative estimate of drug-likeness (QED) is 0.563. The average molecular weight is 432 g/mol. The van der Waals surface area contributed by atoms with Crippen LogP contribution in [-0.2, 0) is 14.8 Å². The zero-order valence-corrected chi connectivity index (χ0v) is 18.0. The smallest absolute Gasteiger partial charge is 0.251 e. The van der Waals surface area contributed by atoms with Crippen molar-refractivity contribution in [3.8, 4) is 0 Å². The Morgan fingerprint density at radius 1 is 1.07 bits per heavy atom. The van der Waals surface area contributed by atoms with E-state index >= 15 is 0 Å². The van der Waals surface area contributed by atoms with Crippen molar-refractivity contribution in [2.75, 3.05) is 39.9 Å². The van der Waals surface area contributed by atoms with Gasteiger partial charge in [0.15, 0.2) is 0 Å². The molecule has 2 aromatic rings. The van der Waals surface area contributed by atoms with Crippen molar-refractivity contribution >= 4 is 15.9 Å². The minimum atomic E-state index is -3.62. The fourth-order valence-corrected chi connectivity index (χ4v) is 4.64. The molecule has 162 valence electrons. The number of methoxy groups -OCH3 is 1. The van der Waals surface area contributed by atoms with E-state index in [0.717, 1.165) is 13.1 Å². The summed E-state index contributed by atoms with van der Waals surface area (Å²) in [6, 6.07) is 16.3.